The van der Waals surface area contributed by atoms with Crippen molar-refractivity contribution in [3.05, 3.63) is 29.8 Å². The highest BCUT2D eigenvalue weighted by molar-refractivity contribution is 8.01. The molecule has 1 saturated heterocycles. The molecule has 0 unspecified atom stereocenters. The van der Waals surface area contributed by atoms with Crippen LogP contribution in [-0.2, 0) is 0 Å². The van der Waals surface area contributed by atoms with E-state index in [1.165, 1.54) is 24.3 Å². The topological polar surface area (TPSA) is 3.24 Å². The first kappa shape index (κ1) is 9.73. The van der Waals surface area contributed by atoms with E-state index in [1.54, 1.807) is 5.56 Å². The molecule has 0 saturated carbocycles. The van der Waals surface area contributed by atoms with E-state index in [9.17, 15) is 0 Å². The molecule has 2 aliphatic rings. The lowest BCUT2D eigenvalue weighted by molar-refractivity contribution is 0.155. The first-order valence-corrected chi connectivity index (χ1v) is 6.50. The lowest BCUT2D eigenvalue weighted by Crippen LogP contribution is -2.42. The van der Waals surface area contributed by atoms with Crippen LogP contribution in [0.2, 0.25) is 0 Å². The highest BCUT2D eigenvalue weighted by Crippen LogP contribution is 2.57. The van der Waals surface area contributed by atoms with E-state index in [1.807, 2.05) is 0 Å². The number of piperidine rings is 1. The van der Waals surface area contributed by atoms with Gasteiger partial charge in [-0.3, -0.25) is 4.90 Å². The van der Waals surface area contributed by atoms with Gasteiger partial charge in [-0.25, -0.2) is 0 Å². The zero-order chi connectivity index (χ0) is 10.5. The summed E-state index contributed by atoms with van der Waals surface area (Å²) in [5, 5.41) is 0. The molecule has 15 heavy (non-hydrogen) atoms. The van der Waals surface area contributed by atoms with Crippen molar-refractivity contribution in [1.29, 1.82) is 0 Å². The van der Waals surface area contributed by atoms with Crippen LogP contribution >= 0.6 is 11.8 Å². The molecular weight excluding hydrogens is 202 g/mol. The van der Waals surface area contributed by atoms with Crippen LogP contribution in [0.25, 0.3) is 0 Å². The van der Waals surface area contributed by atoms with Gasteiger partial charge >= 0.3 is 0 Å². The second kappa shape index (κ2) is 3.26. The Bertz CT molecular complexity index is 390. The average Bonchev–Trinajstić information content (AvgIpc) is 2.50. The van der Waals surface area contributed by atoms with Crippen LogP contribution in [-0.4, -0.2) is 23.2 Å². The molecule has 1 nitrogen and oxygen atoms in total. The SMILES string of the molecule is CN1CCC[C@]2(C)Sc3ccccc3[C@H]12. The molecule has 0 bridgehead atoms. The molecule has 0 aliphatic carbocycles. The number of nitrogens with zero attached hydrogens (tertiary/aromatic N) is 1. The Labute approximate surface area is 95.9 Å². The van der Waals surface area contributed by atoms with Crippen molar-refractivity contribution in [2.24, 2.45) is 0 Å². The molecule has 0 amide bonds. The number of rotatable bonds is 0. The maximum absolute atomic E-state index is 2.53. The van der Waals surface area contributed by atoms with Gasteiger partial charge in [0.25, 0.3) is 0 Å². The Morgan fingerprint density at radius 1 is 1.40 bits per heavy atom. The van der Waals surface area contributed by atoms with Gasteiger partial charge in [-0.05, 0) is 45.0 Å². The summed E-state index contributed by atoms with van der Waals surface area (Å²) in [7, 11) is 2.27. The quantitative estimate of drug-likeness (QED) is 0.658. The van der Waals surface area contributed by atoms with E-state index < -0.39 is 0 Å². The summed E-state index contributed by atoms with van der Waals surface area (Å²) in [6.45, 7) is 3.67. The Morgan fingerprint density at radius 2 is 2.20 bits per heavy atom. The summed E-state index contributed by atoms with van der Waals surface area (Å²) in [5.74, 6) is 0. The van der Waals surface area contributed by atoms with Crippen LogP contribution in [0.4, 0.5) is 0 Å². The molecule has 1 fully saturated rings. The summed E-state index contributed by atoms with van der Waals surface area (Å²) >= 11 is 2.08. The van der Waals surface area contributed by atoms with Gasteiger partial charge in [0, 0.05) is 9.64 Å². The number of likely N-dealkylation sites (tertiary alicyclic amines) is 1. The third kappa shape index (κ3) is 1.35. The van der Waals surface area contributed by atoms with Gasteiger partial charge in [0.05, 0.1) is 6.04 Å². The van der Waals surface area contributed by atoms with E-state index in [-0.39, 0.29) is 0 Å². The van der Waals surface area contributed by atoms with Crippen molar-refractivity contribution in [2.75, 3.05) is 13.6 Å². The first-order valence-electron chi connectivity index (χ1n) is 5.69. The standard InChI is InChI=1S/C13H17NS/c1-13-8-5-9-14(2)12(13)10-6-3-4-7-11(10)15-13/h3-4,6-7,12H,5,8-9H2,1-2H3/t12-,13-/m0/s1. The summed E-state index contributed by atoms with van der Waals surface area (Å²) < 4.78 is 0.413. The molecule has 2 aliphatic heterocycles. The molecule has 80 valence electrons. The van der Waals surface area contributed by atoms with Crippen molar-refractivity contribution in [2.45, 2.75) is 35.4 Å². The number of hydrogen-bond donors (Lipinski definition) is 0. The van der Waals surface area contributed by atoms with E-state index in [0.717, 1.165) is 0 Å². The van der Waals surface area contributed by atoms with E-state index in [4.69, 9.17) is 0 Å². The van der Waals surface area contributed by atoms with Gasteiger partial charge in [0.2, 0.25) is 0 Å². The van der Waals surface area contributed by atoms with E-state index >= 15 is 0 Å². The number of thioether (sulfide) groups is 1. The zero-order valence-electron chi connectivity index (χ0n) is 9.36. The van der Waals surface area contributed by atoms with Crippen LogP contribution in [0.5, 0.6) is 0 Å². The van der Waals surface area contributed by atoms with Crippen LogP contribution in [0.1, 0.15) is 31.4 Å². The number of fused-ring (bicyclic) bond motifs is 3. The summed E-state index contributed by atoms with van der Waals surface area (Å²) in [5.41, 5.74) is 1.55. The van der Waals surface area contributed by atoms with Crippen LogP contribution in [0, 0.1) is 0 Å². The smallest absolute Gasteiger partial charge is 0.0503 e. The Morgan fingerprint density at radius 3 is 3.07 bits per heavy atom. The van der Waals surface area contributed by atoms with Gasteiger partial charge in [-0.15, -0.1) is 11.8 Å². The molecule has 2 heterocycles. The minimum atomic E-state index is 0.413. The summed E-state index contributed by atoms with van der Waals surface area (Å²) in [6, 6.07) is 9.55. The molecule has 3 rings (SSSR count). The third-order valence-electron chi connectivity index (χ3n) is 3.76. The van der Waals surface area contributed by atoms with Crippen LogP contribution in [0.3, 0.4) is 0 Å². The lowest BCUT2D eigenvalue weighted by Gasteiger charge is -2.42. The Balaban J connectivity index is 2.09. The second-order valence-corrected chi connectivity index (χ2v) is 6.52. The lowest BCUT2D eigenvalue weighted by atomic mass is 9.86. The molecule has 2 heteroatoms. The average molecular weight is 219 g/mol. The molecule has 0 N–H and O–H groups in total. The minimum absolute atomic E-state index is 0.413. The van der Waals surface area contributed by atoms with Crippen LogP contribution < -0.4 is 0 Å². The minimum Gasteiger partial charge on any atom is -0.298 e. The number of hydrogen-bond acceptors (Lipinski definition) is 2. The predicted octanol–water partition coefficient (Wildman–Crippen LogP) is 3.32. The zero-order valence-corrected chi connectivity index (χ0v) is 10.2. The fraction of sp³-hybridized carbons (Fsp3) is 0.538. The molecule has 1 aromatic rings. The van der Waals surface area contributed by atoms with E-state index in [0.29, 0.717) is 10.8 Å². The molecule has 1 aromatic carbocycles. The van der Waals surface area contributed by atoms with Gasteiger partial charge in [0.1, 0.15) is 0 Å². The Hall–Kier alpha value is -0.470. The maximum Gasteiger partial charge on any atom is 0.0503 e. The maximum atomic E-state index is 2.53. The largest absolute Gasteiger partial charge is 0.298 e. The van der Waals surface area contributed by atoms with Gasteiger partial charge in [-0.1, -0.05) is 18.2 Å². The predicted molar refractivity (Wildman–Crippen MR) is 65.3 cm³/mol. The molecule has 2 atom stereocenters. The van der Waals surface area contributed by atoms with Gasteiger partial charge in [-0.2, -0.15) is 0 Å². The first-order chi connectivity index (χ1) is 7.21. The Kier molecular flexibility index (Phi) is 2.12. The molecular formula is C13H17NS. The molecule has 0 aromatic heterocycles. The van der Waals surface area contributed by atoms with Crippen molar-refractivity contribution in [3.8, 4) is 0 Å². The van der Waals surface area contributed by atoms with Gasteiger partial charge < -0.3 is 0 Å². The fourth-order valence-corrected chi connectivity index (χ4v) is 4.75. The second-order valence-electron chi connectivity index (χ2n) is 4.94. The summed E-state index contributed by atoms with van der Waals surface area (Å²) in [4.78, 5) is 4.03. The summed E-state index contributed by atoms with van der Waals surface area (Å²) in [6.07, 6.45) is 2.69. The highest BCUT2D eigenvalue weighted by Gasteiger charge is 2.46. The van der Waals surface area contributed by atoms with E-state index in [2.05, 4.69) is 54.9 Å². The fourth-order valence-electron chi connectivity index (χ4n) is 3.14. The molecule has 0 spiro atoms. The normalized spacial score (nSPS) is 34.9. The monoisotopic (exact) mass is 219 g/mol. The van der Waals surface area contributed by atoms with Crippen molar-refractivity contribution in [1.82, 2.24) is 4.90 Å². The van der Waals surface area contributed by atoms with Crippen molar-refractivity contribution < 1.29 is 0 Å². The van der Waals surface area contributed by atoms with Crippen molar-refractivity contribution in [3.63, 3.8) is 0 Å². The van der Waals surface area contributed by atoms with Gasteiger partial charge in [0.15, 0.2) is 0 Å². The number of benzene rings is 1. The van der Waals surface area contributed by atoms with Crippen molar-refractivity contribution >= 4 is 11.8 Å². The molecule has 0 radical (unpaired) electrons. The highest BCUT2D eigenvalue weighted by atomic mass is 32.2. The van der Waals surface area contributed by atoms with Crippen LogP contribution in [0.15, 0.2) is 29.2 Å². The third-order valence-corrected chi connectivity index (χ3v) is 5.25.